The molecule has 0 atom stereocenters. The number of para-hydroxylation sites is 1. The molecule has 4 aliphatic rings. The normalized spacial score (nSPS) is 19.2. The highest BCUT2D eigenvalue weighted by Gasteiger charge is 2.48. The number of nitrogens with zero attached hydrogens (tertiary/aromatic N) is 2. The van der Waals surface area contributed by atoms with Crippen LogP contribution in [0.1, 0.15) is 135 Å². The van der Waals surface area contributed by atoms with E-state index in [1.54, 1.807) is 5.56 Å². The molecule has 0 saturated heterocycles. The Hall–Kier alpha value is -4.32. The summed E-state index contributed by atoms with van der Waals surface area (Å²) in [6.45, 7) is 29.5. The van der Waals surface area contributed by atoms with Crippen molar-refractivity contribution in [1.82, 2.24) is 4.48 Å². The number of anilines is 3. The number of hydrogen-bond acceptors (Lipinski definition) is 3. The first kappa shape index (κ1) is 37.4. The molecule has 5 heteroatoms. The third kappa shape index (κ3) is 4.77. The Morgan fingerprint density at radius 3 is 1.88 bits per heavy atom. The van der Waals surface area contributed by atoms with E-state index in [-0.39, 0.29) is 33.9 Å². The van der Waals surface area contributed by atoms with Crippen LogP contribution < -0.4 is 15.1 Å². The van der Waals surface area contributed by atoms with Gasteiger partial charge in [0, 0.05) is 58.2 Å². The Balaban J connectivity index is 1.28. The van der Waals surface area contributed by atoms with Gasteiger partial charge in [-0.2, -0.15) is 0 Å². The predicted molar refractivity (Wildman–Crippen MR) is 265 cm³/mol. The number of rotatable bonds is 1. The zero-order valence-corrected chi connectivity index (χ0v) is 39.3. The van der Waals surface area contributed by atoms with Crippen LogP contribution in [0.5, 0.6) is 0 Å². The third-order valence-electron chi connectivity index (χ3n) is 16.0. The molecule has 12 rings (SSSR count). The van der Waals surface area contributed by atoms with Crippen LogP contribution in [0.15, 0.2) is 78.9 Å². The van der Waals surface area contributed by atoms with Crippen LogP contribution in [0.3, 0.4) is 0 Å². The lowest BCUT2D eigenvalue weighted by Crippen LogP contribution is -2.55. The van der Waals surface area contributed by atoms with E-state index in [0.29, 0.717) is 0 Å². The van der Waals surface area contributed by atoms with E-state index >= 15 is 0 Å². The minimum absolute atomic E-state index is 0.0425. The summed E-state index contributed by atoms with van der Waals surface area (Å²) in [5.74, 6) is 0. The van der Waals surface area contributed by atoms with Crippen molar-refractivity contribution < 1.29 is 0 Å². The van der Waals surface area contributed by atoms with E-state index in [1.165, 1.54) is 133 Å². The van der Waals surface area contributed by atoms with E-state index in [4.69, 9.17) is 0 Å². The van der Waals surface area contributed by atoms with Gasteiger partial charge in [0.25, 0.3) is 0 Å². The van der Waals surface area contributed by atoms with Crippen molar-refractivity contribution in [2.75, 3.05) is 4.90 Å². The first-order valence-corrected chi connectivity index (χ1v) is 24.1. The number of benzene rings is 5. The summed E-state index contributed by atoms with van der Waals surface area (Å²) in [4.78, 5) is 4.18. The number of thiophene rings is 2. The second kappa shape index (κ2) is 11.6. The molecule has 0 radical (unpaired) electrons. The molecule has 0 fully saturated rings. The molecular formula is C55H57BN2S2. The van der Waals surface area contributed by atoms with Crippen molar-refractivity contribution in [3.05, 3.63) is 112 Å². The van der Waals surface area contributed by atoms with Gasteiger partial charge in [-0.15, -0.1) is 22.7 Å². The molecule has 2 nitrogen and oxygen atoms in total. The van der Waals surface area contributed by atoms with Crippen LogP contribution in [-0.2, 0) is 27.1 Å². The highest BCUT2D eigenvalue weighted by Crippen LogP contribution is 2.56. The molecule has 5 aromatic carbocycles. The summed E-state index contributed by atoms with van der Waals surface area (Å²) in [6.07, 6.45) is 4.83. The quantitative estimate of drug-likeness (QED) is 0.150. The average Bonchev–Trinajstić information content (AvgIpc) is 3.86. The fraction of sp³-hybridized carbons (Fsp3) is 0.382. The van der Waals surface area contributed by atoms with Crippen molar-refractivity contribution in [1.29, 1.82) is 0 Å². The van der Waals surface area contributed by atoms with Gasteiger partial charge in [-0.3, -0.25) is 0 Å². The summed E-state index contributed by atoms with van der Waals surface area (Å²) in [7, 11) is 0. The molecule has 0 N–H and O–H groups in total. The topological polar surface area (TPSA) is 8.17 Å². The van der Waals surface area contributed by atoms with Crippen molar-refractivity contribution in [3.63, 3.8) is 0 Å². The highest BCUT2D eigenvalue weighted by atomic mass is 32.1. The molecule has 0 unspecified atom stereocenters. The average molecular weight is 821 g/mol. The molecular weight excluding hydrogens is 764 g/mol. The second-order valence-electron chi connectivity index (χ2n) is 22.7. The van der Waals surface area contributed by atoms with Gasteiger partial charge in [-0.25, -0.2) is 0 Å². The fourth-order valence-electron chi connectivity index (χ4n) is 12.1. The fourth-order valence-corrected chi connectivity index (χ4v) is 14.6. The molecule has 302 valence electrons. The van der Waals surface area contributed by atoms with Crippen LogP contribution in [0.25, 0.3) is 52.4 Å². The molecule has 3 aromatic heterocycles. The number of aryl methyl sites for hydroxylation is 1. The largest absolute Gasteiger partial charge is 0.366 e. The molecule has 0 amide bonds. The first-order valence-electron chi connectivity index (χ1n) is 22.5. The monoisotopic (exact) mass is 820 g/mol. The number of aromatic nitrogens is 1. The molecule has 8 aromatic rings. The van der Waals surface area contributed by atoms with Gasteiger partial charge in [-0.05, 0) is 134 Å². The maximum atomic E-state index is 2.80. The van der Waals surface area contributed by atoms with Crippen molar-refractivity contribution in [3.8, 4) is 11.1 Å². The molecule has 0 spiro atoms. The molecule has 2 aliphatic carbocycles. The summed E-state index contributed by atoms with van der Waals surface area (Å²) in [5, 5.41) is 5.59. The van der Waals surface area contributed by atoms with Crippen LogP contribution in [0, 0.1) is 6.92 Å². The van der Waals surface area contributed by atoms with Crippen molar-refractivity contribution >= 4 is 98.1 Å². The van der Waals surface area contributed by atoms with Gasteiger partial charge in [-0.1, -0.05) is 125 Å². The summed E-state index contributed by atoms with van der Waals surface area (Å²) in [6, 6.07) is 32.0. The molecule has 2 aliphatic heterocycles. The summed E-state index contributed by atoms with van der Waals surface area (Å²) < 4.78 is 7.07. The van der Waals surface area contributed by atoms with Gasteiger partial charge >= 0.3 is 6.85 Å². The highest BCUT2D eigenvalue weighted by molar-refractivity contribution is 7.32. The van der Waals surface area contributed by atoms with E-state index < -0.39 is 0 Å². The van der Waals surface area contributed by atoms with Crippen LogP contribution in [0.4, 0.5) is 17.1 Å². The van der Waals surface area contributed by atoms with Gasteiger partial charge in [0.15, 0.2) is 0 Å². The Morgan fingerprint density at radius 1 is 0.583 bits per heavy atom. The van der Waals surface area contributed by atoms with E-state index in [0.717, 1.165) is 0 Å². The maximum Gasteiger partial charge on any atom is 0.344 e. The molecule has 5 heterocycles. The van der Waals surface area contributed by atoms with Gasteiger partial charge < -0.3 is 9.38 Å². The number of fused-ring (bicyclic) bond motifs is 13. The standard InChI is InChI=1S/C55H57BN2S2/c1-30-24-37-39(54(9,10)22-20-52(37,5)6)28-41(30)57-42-26-31(51(2,3)4)25-35-32-17-15-18-34-45-33-16-13-14-19-43(33)60-50(45)58(47(32)34)56(46(35)42)49-48(57)36-27-38-40(29-44(36)59-49)55(11,12)23-21-53(38,7)8/h13-19,24-29H,20-23H2,1-12H3. The molecule has 0 bridgehead atoms. The van der Waals surface area contributed by atoms with Crippen molar-refractivity contribution in [2.24, 2.45) is 0 Å². The predicted octanol–water partition coefficient (Wildman–Crippen LogP) is 14.9. The van der Waals surface area contributed by atoms with Gasteiger partial charge in [0.1, 0.15) is 0 Å². The van der Waals surface area contributed by atoms with Crippen LogP contribution in [0.2, 0.25) is 0 Å². The van der Waals surface area contributed by atoms with Crippen LogP contribution >= 0.6 is 22.7 Å². The third-order valence-corrected chi connectivity index (χ3v) is 18.3. The maximum absolute atomic E-state index is 2.80. The Morgan fingerprint density at radius 2 is 1.20 bits per heavy atom. The van der Waals surface area contributed by atoms with Gasteiger partial charge in [0.05, 0.1) is 10.5 Å². The van der Waals surface area contributed by atoms with E-state index in [2.05, 4.69) is 183 Å². The molecule has 0 saturated carbocycles. The van der Waals surface area contributed by atoms with E-state index in [1.807, 2.05) is 11.3 Å². The zero-order chi connectivity index (χ0) is 41.8. The summed E-state index contributed by atoms with van der Waals surface area (Å²) >= 11 is 4.06. The molecule has 60 heavy (non-hydrogen) atoms. The lowest BCUT2D eigenvalue weighted by Gasteiger charge is -2.44. The van der Waals surface area contributed by atoms with Crippen LogP contribution in [-0.4, -0.2) is 11.3 Å². The SMILES string of the molecule is Cc1cc2c(cc1N1c3cc(C(C)(C)C)cc4c3B(c3sc5cc6c(cc5c31)C(C)(C)CCC6(C)C)n1c3sc5ccccc5c3c3cccc-4c31)C(C)(C)CCC2(C)C. The summed E-state index contributed by atoms with van der Waals surface area (Å²) in [5.41, 5.74) is 19.0. The minimum Gasteiger partial charge on any atom is -0.366 e. The lowest BCUT2D eigenvalue weighted by molar-refractivity contribution is 0.332. The minimum atomic E-state index is -0.0425. The van der Waals surface area contributed by atoms with E-state index in [9.17, 15) is 0 Å². The Bertz CT molecular complexity index is 3230. The number of hydrogen-bond donors (Lipinski definition) is 0. The Kier molecular flexibility index (Phi) is 7.22. The lowest BCUT2D eigenvalue weighted by atomic mass is 9.48. The zero-order valence-electron chi connectivity index (χ0n) is 37.6. The van der Waals surface area contributed by atoms with Gasteiger partial charge in [0.2, 0.25) is 0 Å². The Labute approximate surface area is 364 Å². The smallest absolute Gasteiger partial charge is 0.344 e. The second-order valence-corrected chi connectivity index (χ2v) is 24.8. The first-order chi connectivity index (χ1) is 28.3. The van der Waals surface area contributed by atoms with Crippen molar-refractivity contribution in [2.45, 2.75) is 136 Å².